The number of anilines is 2. The highest BCUT2D eigenvalue weighted by Gasteiger charge is 2.07. The SMILES string of the molecule is CCN(CC)c1ccc(NC(=O)NCCOC)c(C)c1.[Cl-]. The zero-order chi connectivity index (χ0) is 15.0. The average Bonchev–Trinajstić information content (AvgIpc) is 2.43. The standard InChI is InChI=1S/C15H25N3O2.ClH/c1-5-18(6-2)13-7-8-14(12(3)11-13)17-15(19)16-9-10-20-4;/h7-8,11H,5-6,9-10H2,1-4H3,(H2,16,17,19);1H/p-1. The van der Waals surface area contributed by atoms with E-state index in [1.54, 1.807) is 7.11 Å². The second kappa shape index (κ2) is 10.3. The Bertz CT molecular complexity index is 437. The van der Waals surface area contributed by atoms with Crippen molar-refractivity contribution in [2.75, 3.05) is 43.6 Å². The summed E-state index contributed by atoms with van der Waals surface area (Å²) in [5.74, 6) is 0. The minimum absolute atomic E-state index is 0. The van der Waals surface area contributed by atoms with Crippen LogP contribution in [0.2, 0.25) is 0 Å². The quantitative estimate of drug-likeness (QED) is 0.674. The molecule has 0 heterocycles. The minimum Gasteiger partial charge on any atom is -1.00 e. The third-order valence-corrected chi connectivity index (χ3v) is 3.18. The van der Waals surface area contributed by atoms with Gasteiger partial charge in [0.25, 0.3) is 0 Å². The molecule has 5 nitrogen and oxygen atoms in total. The van der Waals surface area contributed by atoms with E-state index in [1.807, 2.05) is 19.1 Å². The molecule has 1 rings (SSSR count). The number of rotatable bonds is 7. The van der Waals surface area contributed by atoms with Gasteiger partial charge in [-0.1, -0.05) is 0 Å². The molecule has 0 unspecified atom stereocenters. The molecule has 0 spiro atoms. The fourth-order valence-corrected chi connectivity index (χ4v) is 2.01. The Balaban J connectivity index is 0.00000400. The van der Waals surface area contributed by atoms with E-state index < -0.39 is 0 Å². The number of benzene rings is 1. The second-order valence-corrected chi connectivity index (χ2v) is 4.55. The number of hydrogen-bond acceptors (Lipinski definition) is 3. The first-order chi connectivity index (χ1) is 9.62. The molecule has 2 amide bonds. The molecule has 0 aliphatic carbocycles. The maximum Gasteiger partial charge on any atom is 0.319 e. The highest BCUT2D eigenvalue weighted by Crippen LogP contribution is 2.22. The highest BCUT2D eigenvalue weighted by atomic mass is 35.5. The number of nitrogens with zero attached hydrogens (tertiary/aromatic N) is 1. The fourth-order valence-electron chi connectivity index (χ4n) is 2.01. The Kier molecular flexibility index (Phi) is 9.58. The number of aryl methyl sites for hydroxylation is 1. The van der Waals surface area contributed by atoms with Crippen LogP contribution in [0.25, 0.3) is 0 Å². The van der Waals surface area contributed by atoms with E-state index in [1.165, 1.54) is 5.69 Å². The Hall–Kier alpha value is -1.46. The molecule has 0 aromatic heterocycles. The van der Waals surface area contributed by atoms with Crippen LogP contribution >= 0.6 is 0 Å². The summed E-state index contributed by atoms with van der Waals surface area (Å²) in [6.07, 6.45) is 0. The molecule has 1 aromatic rings. The van der Waals surface area contributed by atoms with Gasteiger partial charge in [0.1, 0.15) is 0 Å². The van der Waals surface area contributed by atoms with Gasteiger partial charge >= 0.3 is 6.03 Å². The van der Waals surface area contributed by atoms with E-state index in [9.17, 15) is 4.79 Å². The zero-order valence-corrected chi connectivity index (χ0v) is 14.0. The summed E-state index contributed by atoms with van der Waals surface area (Å²) in [6.45, 7) is 9.22. The molecule has 0 fully saturated rings. The van der Waals surface area contributed by atoms with E-state index in [4.69, 9.17) is 4.74 Å². The Morgan fingerprint density at radius 1 is 1.29 bits per heavy atom. The number of ether oxygens (including phenoxy) is 1. The number of methoxy groups -OCH3 is 1. The molecule has 2 N–H and O–H groups in total. The van der Waals surface area contributed by atoms with Crippen molar-refractivity contribution < 1.29 is 21.9 Å². The van der Waals surface area contributed by atoms with Crippen molar-refractivity contribution in [3.8, 4) is 0 Å². The molecule has 0 saturated carbocycles. The Morgan fingerprint density at radius 2 is 1.95 bits per heavy atom. The van der Waals surface area contributed by atoms with E-state index in [-0.39, 0.29) is 18.4 Å². The molecule has 0 atom stereocenters. The molecule has 0 aliphatic heterocycles. The lowest BCUT2D eigenvalue weighted by molar-refractivity contribution is -0.00000766. The summed E-state index contributed by atoms with van der Waals surface area (Å²) in [6, 6.07) is 5.86. The molecule has 0 radical (unpaired) electrons. The molecule has 6 heteroatoms. The molecule has 21 heavy (non-hydrogen) atoms. The maximum atomic E-state index is 11.7. The average molecular weight is 315 g/mol. The number of urea groups is 1. The van der Waals surface area contributed by atoms with Crippen LogP contribution in [0.1, 0.15) is 19.4 Å². The molecule has 0 bridgehead atoms. The van der Waals surface area contributed by atoms with Crippen molar-refractivity contribution in [2.24, 2.45) is 0 Å². The van der Waals surface area contributed by atoms with Gasteiger partial charge in [0.15, 0.2) is 0 Å². The van der Waals surface area contributed by atoms with Gasteiger partial charge in [-0.05, 0) is 44.5 Å². The summed E-state index contributed by atoms with van der Waals surface area (Å²) >= 11 is 0. The first-order valence-corrected chi connectivity index (χ1v) is 7.01. The number of nitrogens with one attached hydrogen (secondary N) is 2. The molecule has 0 aliphatic rings. The Labute approximate surface area is 133 Å². The molecule has 1 aromatic carbocycles. The van der Waals surface area contributed by atoms with Crippen LogP contribution < -0.4 is 27.9 Å². The van der Waals surface area contributed by atoms with Gasteiger partial charge in [0.05, 0.1) is 6.61 Å². The predicted octanol–water partition coefficient (Wildman–Crippen LogP) is -0.387. The van der Waals surface area contributed by atoms with Crippen molar-refractivity contribution >= 4 is 17.4 Å². The van der Waals surface area contributed by atoms with Gasteiger partial charge < -0.3 is 32.7 Å². The van der Waals surface area contributed by atoms with Crippen molar-refractivity contribution in [3.05, 3.63) is 23.8 Å². The van der Waals surface area contributed by atoms with Gasteiger partial charge in [-0.15, -0.1) is 0 Å². The van der Waals surface area contributed by atoms with E-state index in [0.717, 1.165) is 24.3 Å². The summed E-state index contributed by atoms with van der Waals surface area (Å²) in [7, 11) is 1.61. The number of amides is 2. The van der Waals surface area contributed by atoms with Crippen LogP contribution in [0.3, 0.4) is 0 Å². The molecule has 0 saturated heterocycles. The van der Waals surface area contributed by atoms with Crippen LogP contribution in [-0.4, -0.2) is 39.4 Å². The van der Waals surface area contributed by atoms with Crippen LogP contribution in [0.4, 0.5) is 16.2 Å². The fraction of sp³-hybridized carbons (Fsp3) is 0.533. The van der Waals surface area contributed by atoms with Gasteiger partial charge in [-0.25, -0.2) is 4.79 Å². The molecular formula is C15H25ClN3O2-. The van der Waals surface area contributed by atoms with Crippen LogP contribution in [-0.2, 0) is 4.74 Å². The number of carbonyl (C=O) groups excluding carboxylic acids is 1. The second-order valence-electron chi connectivity index (χ2n) is 4.55. The van der Waals surface area contributed by atoms with Crippen molar-refractivity contribution in [3.63, 3.8) is 0 Å². The third kappa shape index (κ3) is 6.23. The lowest BCUT2D eigenvalue weighted by Crippen LogP contribution is -3.00. The summed E-state index contributed by atoms with van der Waals surface area (Å²) in [5.41, 5.74) is 3.06. The van der Waals surface area contributed by atoms with Gasteiger partial charge in [0.2, 0.25) is 0 Å². The summed E-state index contributed by atoms with van der Waals surface area (Å²) < 4.78 is 4.88. The predicted molar refractivity (Wildman–Crippen MR) is 83.6 cm³/mol. The minimum atomic E-state index is -0.208. The van der Waals surface area contributed by atoms with E-state index in [0.29, 0.717) is 13.2 Å². The summed E-state index contributed by atoms with van der Waals surface area (Å²) in [5, 5.41) is 5.58. The van der Waals surface area contributed by atoms with Crippen LogP contribution in [0.15, 0.2) is 18.2 Å². The normalized spacial score (nSPS) is 9.71. The molecule has 120 valence electrons. The van der Waals surface area contributed by atoms with Crippen LogP contribution in [0.5, 0.6) is 0 Å². The highest BCUT2D eigenvalue weighted by molar-refractivity contribution is 5.90. The lowest BCUT2D eigenvalue weighted by atomic mass is 10.1. The topological polar surface area (TPSA) is 53.6 Å². The molecular weight excluding hydrogens is 290 g/mol. The smallest absolute Gasteiger partial charge is 0.319 e. The number of carbonyl (C=O) groups is 1. The van der Waals surface area contributed by atoms with Gasteiger partial charge in [-0.3, -0.25) is 0 Å². The largest absolute Gasteiger partial charge is 1.00 e. The maximum absolute atomic E-state index is 11.7. The third-order valence-electron chi connectivity index (χ3n) is 3.18. The Morgan fingerprint density at radius 3 is 2.48 bits per heavy atom. The monoisotopic (exact) mass is 314 g/mol. The van der Waals surface area contributed by atoms with E-state index in [2.05, 4.69) is 35.4 Å². The first-order valence-electron chi connectivity index (χ1n) is 7.01. The number of hydrogen-bond donors (Lipinski definition) is 2. The van der Waals surface area contributed by atoms with Crippen molar-refractivity contribution in [1.82, 2.24) is 5.32 Å². The van der Waals surface area contributed by atoms with Gasteiger partial charge in [-0.2, -0.15) is 0 Å². The first kappa shape index (κ1) is 19.5. The van der Waals surface area contributed by atoms with Crippen molar-refractivity contribution in [1.29, 1.82) is 0 Å². The van der Waals surface area contributed by atoms with Crippen LogP contribution in [0, 0.1) is 6.92 Å². The summed E-state index contributed by atoms with van der Waals surface area (Å²) in [4.78, 5) is 14.0. The zero-order valence-electron chi connectivity index (χ0n) is 13.2. The van der Waals surface area contributed by atoms with Crippen molar-refractivity contribution in [2.45, 2.75) is 20.8 Å². The van der Waals surface area contributed by atoms with Gasteiger partial charge in [0, 0.05) is 38.1 Å². The lowest BCUT2D eigenvalue weighted by Gasteiger charge is -2.22. The van der Waals surface area contributed by atoms with E-state index >= 15 is 0 Å². The number of halogens is 1.